The summed E-state index contributed by atoms with van der Waals surface area (Å²) in [5, 5.41) is 9.63. The minimum absolute atomic E-state index is 0.0102. The summed E-state index contributed by atoms with van der Waals surface area (Å²) in [4.78, 5) is 11.2. The lowest BCUT2D eigenvalue weighted by Gasteiger charge is -2.06. The predicted octanol–water partition coefficient (Wildman–Crippen LogP) is 1.89. The van der Waals surface area contributed by atoms with Crippen LogP contribution in [-0.4, -0.2) is 17.8 Å². The monoisotopic (exact) mass is 257 g/mol. The number of fused-ring (bicyclic) bond motifs is 1. The van der Waals surface area contributed by atoms with Crippen LogP contribution in [0.15, 0.2) is 36.4 Å². The van der Waals surface area contributed by atoms with Gasteiger partial charge in [0.15, 0.2) is 11.5 Å². The highest BCUT2D eigenvalue weighted by Gasteiger charge is 2.14. The summed E-state index contributed by atoms with van der Waals surface area (Å²) in [6, 6.07) is 9.92. The van der Waals surface area contributed by atoms with Crippen LogP contribution in [-0.2, 0) is 0 Å². The topological polar surface area (TPSA) is 81.8 Å². The maximum absolute atomic E-state index is 11.2. The number of carbonyl (C=O) groups excluding carboxylic acids is 1. The standard InChI is InChI=1S/C14H11NO4/c15-14(17)10-3-9(4-11(16)5-10)8-1-2-12-13(6-8)19-7-18-12/h1-6,16H,7H2,(H2,15,17). The molecule has 19 heavy (non-hydrogen) atoms. The summed E-state index contributed by atoms with van der Waals surface area (Å²) in [5.74, 6) is 0.724. The molecule has 5 nitrogen and oxygen atoms in total. The number of carbonyl (C=O) groups is 1. The van der Waals surface area contributed by atoms with Crippen LogP contribution in [0.2, 0.25) is 0 Å². The molecule has 0 fully saturated rings. The number of rotatable bonds is 2. The Morgan fingerprint density at radius 3 is 2.63 bits per heavy atom. The van der Waals surface area contributed by atoms with E-state index in [1.807, 2.05) is 6.07 Å². The molecule has 1 aliphatic heterocycles. The number of ether oxygens (including phenoxy) is 2. The predicted molar refractivity (Wildman–Crippen MR) is 68.2 cm³/mol. The molecule has 1 heterocycles. The first-order chi connectivity index (χ1) is 9.13. The Hall–Kier alpha value is -2.69. The van der Waals surface area contributed by atoms with Gasteiger partial charge in [0.05, 0.1) is 0 Å². The quantitative estimate of drug-likeness (QED) is 0.860. The number of nitrogens with two attached hydrogens (primary N) is 1. The van der Waals surface area contributed by atoms with E-state index in [0.29, 0.717) is 17.1 Å². The number of benzene rings is 2. The number of amides is 1. The molecule has 5 heteroatoms. The highest BCUT2D eigenvalue weighted by atomic mass is 16.7. The molecular formula is C14H11NO4. The van der Waals surface area contributed by atoms with Crippen molar-refractivity contribution in [2.24, 2.45) is 5.73 Å². The summed E-state index contributed by atoms with van der Waals surface area (Å²) < 4.78 is 10.5. The average Bonchev–Trinajstić information content (AvgIpc) is 2.85. The molecular weight excluding hydrogens is 246 g/mol. The number of hydrogen-bond donors (Lipinski definition) is 2. The van der Waals surface area contributed by atoms with E-state index < -0.39 is 5.91 Å². The number of hydrogen-bond acceptors (Lipinski definition) is 4. The number of phenolic OH excluding ortho intramolecular Hbond substituents is 1. The molecule has 0 spiro atoms. The molecule has 3 N–H and O–H groups in total. The Kier molecular flexibility index (Phi) is 2.52. The molecule has 1 aliphatic rings. The van der Waals surface area contributed by atoms with Gasteiger partial charge in [-0.1, -0.05) is 6.07 Å². The van der Waals surface area contributed by atoms with Gasteiger partial charge in [0, 0.05) is 5.56 Å². The van der Waals surface area contributed by atoms with Gasteiger partial charge in [0.2, 0.25) is 12.7 Å². The molecule has 0 aromatic heterocycles. The lowest BCUT2D eigenvalue weighted by Crippen LogP contribution is -2.10. The van der Waals surface area contributed by atoms with Crippen LogP contribution in [0.4, 0.5) is 0 Å². The Morgan fingerprint density at radius 2 is 1.84 bits per heavy atom. The third-order valence-electron chi connectivity index (χ3n) is 2.91. The van der Waals surface area contributed by atoms with Crippen molar-refractivity contribution in [3.8, 4) is 28.4 Å². The van der Waals surface area contributed by atoms with E-state index in [-0.39, 0.29) is 18.1 Å². The fourth-order valence-electron chi connectivity index (χ4n) is 2.00. The highest BCUT2D eigenvalue weighted by Crippen LogP contribution is 2.36. The molecule has 3 rings (SSSR count). The van der Waals surface area contributed by atoms with Gasteiger partial charge in [-0.3, -0.25) is 4.79 Å². The highest BCUT2D eigenvalue weighted by molar-refractivity contribution is 5.94. The molecule has 96 valence electrons. The van der Waals surface area contributed by atoms with E-state index in [1.54, 1.807) is 24.3 Å². The van der Waals surface area contributed by atoms with E-state index in [2.05, 4.69) is 0 Å². The Balaban J connectivity index is 2.09. The molecule has 0 atom stereocenters. The van der Waals surface area contributed by atoms with Gasteiger partial charge in [-0.2, -0.15) is 0 Å². The number of phenols is 1. The van der Waals surface area contributed by atoms with E-state index >= 15 is 0 Å². The lowest BCUT2D eigenvalue weighted by atomic mass is 10.0. The summed E-state index contributed by atoms with van der Waals surface area (Å²) in [7, 11) is 0. The van der Waals surface area contributed by atoms with Gasteiger partial charge in [-0.05, 0) is 41.5 Å². The van der Waals surface area contributed by atoms with Crippen LogP contribution in [0.1, 0.15) is 10.4 Å². The minimum Gasteiger partial charge on any atom is -0.508 e. The summed E-state index contributed by atoms with van der Waals surface area (Å²) in [6.45, 7) is 0.200. The Bertz CT molecular complexity index is 666. The molecule has 0 radical (unpaired) electrons. The van der Waals surface area contributed by atoms with Crippen LogP contribution >= 0.6 is 0 Å². The molecule has 0 aliphatic carbocycles. The smallest absolute Gasteiger partial charge is 0.248 e. The summed E-state index contributed by atoms with van der Waals surface area (Å²) in [5.41, 5.74) is 6.98. The van der Waals surface area contributed by atoms with Crippen molar-refractivity contribution in [1.82, 2.24) is 0 Å². The molecule has 0 saturated carbocycles. The van der Waals surface area contributed by atoms with Crippen molar-refractivity contribution >= 4 is 5.91 Å². The molecule has 0 bridgehead atoms. The molecule has 0 saturated heterocycles. The van der Waals surface area contributed by atoms with E-state index in [4.69, 9.17) is 15.2 Å². The van der Waals surface area contributed by atoms with Crippen LogP contribution in [0, 0.1) is 0 Å². The second-order valence-corrected chi connectivity index (χ2v) is 4.20. The zero-order valence-electron chi connectivity index (χ0n) is 9.92. The second-order valence-electron chi connectivity index (χ2n) is 4.20. The molecule has 2 aromatic rings. The Morgan fingerprint density at radius 1 is 1.05 bits per heavy atom. The maximum atomic E-state index is 11.2. The lowest BCUT2D eigenvalue weighted by molar-refractivity contribution is 0.1000. The van der Waals surface area contributed by atoms with Crippen molar-refractivity contribution < 1.29 is 19.4 Å². The van der Waals surface area contributed by atoms with Crippen LogP contribution in [0.25, 0.3) is 11.1 Å². The van der Waals surface area contributed by atoms with Gasteiger partial charge in [-0.25, -0.2) is 0 Å². The molecule has 1 amide bonds. The largest absolute Gasteiger partial charge is 0.508 e. The molecule has 2 aromatic carbocycles. The first-order valence-electron chi connectivity index (χ1n) is 5.67. The maximum Gasteiger partial charge on any atom is 0.248 e. The zero-order chi connectivity index (χ0) is 13.4. The first kappa shape index (κ1) is 11.4. The zero-order valence-corrected chi connectivity index (χ0v) is 9.92. The fraction of sp³-hybridized carbons (Fsp3) is 0.0714. The third kappa shape index (κ3) is 2.06. The number of aromatic hydroxyl groups is 1. The van der Waals surface area contributed by atoms with Gasteiger partial charge in [-0.15, -0.1) is 0 Å². The normalized spacial score (nSPS) is 12.4. The van der Waals surface area contributed by atoms with Crippen molar-refractivity contribution in [2.45, 2.75) is 0 Å². The van der Waals surface area contributed by atoms with Crippen LogP contribution in [0.5, 0.6) is 17.2 Å². The van der Waals surface area contributed by atoms with Gasteiger partial charge >= 0.3 is 0 Å². The van der Waals surface area contributed by atoms with E-state index in [0.717, 1.165) is 5.56 Å². The minimum atomic E-state index is -0.585. The van der Waals surface area contributed by atoms with E-state index in [9.17, 15) is 9.90 Å². The fourth-order valence-corrected chi connectivity index (χ4v) is 2.00. The van der Waals surface area contributed by atoms with Gasteiger partial charge in [0.1, 0.15) is 5.75 Å². The van der Waals surface area contributed by atoms with Crippen LogP contribution in [0.3, 0.4) is 0 Å². The van der Waals surface area contributed by atoms with Crippen molar-refractivity contribution in [2.75, 3.05) is 6.79 Å². The SMILES string of the molecule is NC(=O)c1cc(O)cc(-c2ccc3c(c2)OCO3)c1. The summed E-state index contributed by atoms with van der Waals surface area (Å²) in [6.07, 6.45) is 0. The van der Waals surface area contributed by atoms with Gasteiger partial charge < -0.3 is 20.3 Å². The van der Waals surface area contributed by atoms with Crippen molar-refractivity contribution in [3.63, 3.8) is 0 Å². The van der Waals surface area contributed by atoms with Gasteiger partial charge in [0.25, 0.3) is 0 Å². The Labute approximate surface area is 109 Å². The number of primary amides is 1. The summed E-state index contributed by atoms with van der Waals surface area (Å²) >= 11 is 0. The van der Waals surface area contributed by atoms with Crippen LogP contribution < -0.4 is 15.2 Å². The first-order valence-corrected chi connectivity index (χ1v) is 5.67. The van der Waals surface area contributed by atoms with E-state index in [1.165, 1.54) is 6.07 Å². The average molecular weight is 257 g/mol. The molecule has 0 unspecified atom stereocenters. The van der Waals surface area contributed by atoms with Crippen molar-refractivity contribution in [3.05, 3.63) is 42.0 Å². The second kappa shape index (κ2) is 4.20. The third-order valence-corrected chi connectivity index (χ3v) is 2.91. The van der Waals surface area contributed by atoms with Crippen molar-refractivity contribution in [1.29, 1.82) is 0 Å².